The first-order valence-electron chi connectivity index (χ1n) is 7.14. The highest BCUT2D eigenvalue weighted by atomic mass is 35.5. The second kappa shape index (κ2) is 7.06. The second-order valence-corrected chi connectivity index (χ2v) is 8.15. The Morgan fingerprint density at radius 3 is 2.62 bits per heavy atom. The molecule has 0 radical (unpaired) electrons. The van der Waals surface area contributed by atoms with E-state index in [1.54, 1.807) is 18.2 Å². The number of nitrogens with one attached hydrogen (secondary N) is 1. The van der Waals surface area contributed by atoms with Gasteiger partial charge in [-0.05, 0) is 36.4 Å². The number of amides is 1. The van der Waals surface area contributed by atoms with Gasteiger partial charge < -0.3 is 4.42 Å². The minimum Gasteiger partial charge on any atom is -0.403 e. The monoisotopic (exact) mass is 411 g/mol. The quantitative estimate of drug-likeness (QED) is 0.701. The molecule has 0 aliphatic heterocycles. The van der Waals surface area contributed by atoms with Crippen LogP contribution in [0.2, 0.25) is 10.0 Å². The third-order valence-electron chi connectivity index (χ3n) is 3.33. The molecule has 0 unspecified atom stereocenters. The number of halogens is 2. The summed E-state index contributed by atoms with van der Waals surface area (Å²) < 4.78 is 28.6. The molecule has 3 rings (SSSR count). The van der Waals surface area contributed by atoms with Crippen LogP contribution in [0.15, 0.2) is 51.8 Å². The Morgan fingerprint density at radius 1 is 1.12 bits per heavy atom. The number of rotatable bonds is 4. The molecule has 0 atom stereocenters. The number of benzene rings is 2. The fraction of sp³-hybridized carbons (Fsp3) is 0.0625. The van der Waals surface area contributed by atoms with E-state index in [1.807, 2.05) is 0 Å². The van der Waals surface area contributed by atoms with Gasteiger partial charge in [-0.25, -0.2) is 8.42 Å². The molecule has 0 saturated heterocycles. The van der Waals surface area contributed by atoms with Crippen LogP contribution in [0.4, 0.5) is 6.01 Å². The number of aromatic nitrogens is 2. The Morgan fingerprint density at radius 2 is 1.88 bits per heavy atom. The molecule has 1 heterocycles. The fourth-order valence-electron chi connectivity index (χ4n) is 2.08. The smallest absolute Gasteiger partial charge is 0.322 e. The van der Waals surface area contributed by atoms with Crippen LogP contribution >= 0.6 is 23.2 Å². The SMILES string of the molecule is CS(=O)(=O)c1cccc(C(=O)Nc2nnc(-c3cc(Cl)ccc3Cl)o2)c1. The first kappa shape index (κ1) is 18.4. The third kappa shape index (κ3) is 4.04. The molecule has 0 saturated carbocycles. The number of anilines is 1. The molecular formula is C16H11Cl2N3O4S. The van der Waals surface area contributed by atoms with Gasteiger partial charge in [0, 0.05) is 16.8 Å². The van der Waals surface area contributed by atoms with E-state index in [-0.39, 0.29) is 22.4 Å². The van der Waals surface area contributed by atoms with E-state index in [0.29, 0.717) is 15.6 Å². The van der Waals surface area contributed by atoms with Crippen molar-refractivity contribution < 1.29 is 17.6 Å². The van der Waals surface area contributed by atoms with Crippen molar-refractivity contribution in [2.24, 2.45) is 0 Å². The van der Waals surface area contributed by atoms with E-state index in [1.165, 1.54) is 24.3 Å². The largest absolute Gasteiger partial charge is 0.403 e. The minimum absolute atomic E-state index is 0.0297. The Bertz CT molecular complexity index is 1100. The Hall–Kier alpha value is -2.42. The highest BCUT2D eigenvalue weighted by Crippen LogP contribution is 2.30. The predicted molar refractivity (Wildman–Crippen MR) is 97.3 cm³/mol. The summed E-state index contributed by atoms with van der Waals surface area (Å²) in [5.74, 6) is -0.513. The molecule has 0 spiro atoms. The molecule has 2 aromatic carbocycles. The molecule has 1 aromatic heterocycles. The first-order valence-corrected chi connectivity index (χ1v) is 9.79. The lowest BCUT2D eigenvalue weighted by atomic mass is 10.2. The van der Waals surface area contributed by atoms with Crippen molar-refractivity contribution in [2.45, 2.75) is 4.90 Å². The van der Waals surface area contributed by atoms with E-state index in [2.05, 4.69) is 15.5 Å². The standard InChI is InChI=1S/C16H11Cl2N3O4S/c1-26(23,24)11-4-2-3-9(7-11)14(22)19-16-21-20-15(25-16)12-8-10(17)5-6-13(12)18/h2-8H,1H3,(H,19,21,22). The summed E-state index contributed by atoms with van der Waals surface area (Å²) in [5, 5.41) is 10.8. The van der Waals surface area contributed by atoms with E-state index >= 15 is 0 Å². The van der Waals surface area contributed by atoms with Crippen LogP contribution in [0, 0.1) is 0 Å². The average molecular weight is 412 g/mol. The maximum atomic E-state index is 12.3. The van der Waals surface area contributed by atoms with Crippen molar-refractivity contribution in [1.29, 1.82) is 0 Å². The van der Waals surface area contributed by atoms with Crippen LogP contribution < -0.4 is 5.32 Å². The summed E-state index contributed by atoms with van der Waals surface area (Å²) >= 11 is 12.0. The molecule has 3 aromatic rings. The van der Waals surface area contributed by atoms with Gasteiger partial charge in [-0.15, -0.1) is 5.10 Å². The number of sulfone groups is 1. The van der Waals surface area contributed by atoms with Crippen molar-refractivity contribution in [1.82, 2.24) is 10.2 Å². The number of carbonyl (C=O) groups is 1. The highest BCUT2D eigenvalue weighted by Gasteiger charge is 2.16. The molecule has 1 amide bonds. The maximum Gasteiger partial charge on any atom is 0.322 e. The average Bonchev–Trinajstić information content (AvgIpc) is 3.04. The first-order chi connectivity index (χ1) is 12.2. The Labute approximate surface area is 158 Å². The Kier molecular flexibility index (Phi) is 4.99. The van der Waals surface area contributed by atoms with Crippen molar-refractivity contribution >= 4 is 45.0 Å². The number of nitrogens with zero attached hydrogens (tertiary/aromatic N) is 2. The molecule has 1 N–H and O–H groups in total. The summed E-state index contributed by atoms with van der Waals surface area (Å²) in [7, 11) is -3.43. The van der Waals surface area contributed by atoms with E-state index in [9.17, 15) is 13.2 Å². The van der Waals surface area contributed by atoms with Crippen LogP contribution in [0.1, 0.15) is 10.4 Å². The van der Waals surface area contributed by atoms with Crippen molar-refractivity contribution in [3.8, 4) is 11.5 Å². The minimum atomic E-state index is -3.43. The number of hydrogen-bond acceptors (Lipinski definition) is 6. The lowest BCUT2D eigenvalue weighted by molar-refractivity contribution is 0.102. The van der Waals surface area contributed by atoms with Gasteiger partial charge in [-0.2, -0.15) is 0 Å². The molecule has 10 heteroatoms. The predicted octanol–water partition coefficient (Wildman–Crippen LogP) is 3.70. The van der Waals surface area contributed by atoms with E-state index < -0.39 is 15.7 Å². The molecule has 134 valence electrons. The zero-order chi connectivity index (χ0) is 18.9. The summed E-state index contributed by atoms with van der Waals surface area (Å²) in [6.07, 6.45) is 1.06. The van der Waals surface area contributed by atoms with Gasteiger partial charge in [-0.3, -0.25) is 10.1 Å². The van der Waals surface area contributed by atoms with Gasteiger partial charge in [0.25, 0.3) is 11.8 Å². The fourth-order valence-corrected chi connectivity index (χ4v) is 3.12. The second-order valence-electron chi connectivity index (χ2n) is 5.29. The summed E-state index contributed by atoms with van der Waals surface area (Å²) in [4.78, 5) is 12.3. The molecule has 0 bridgehead atoms. The topological polar surface area (TPSA) is 102 Å². The van der Waals surface area contributed by atoms with Crippen LogP contribution in [0.25, 0.3) is 11.5 Å². The molecule has 7 nitrogen and oxygen atoms in total. The van der Waals surface area contributed by atoms with Gasteiger partial charge in [0.1, 0.15) is 0 Å². The van der Waals surface area contributed by atoms with E-state index in [4.69, 9.17) is 27.6 Å². The molecular weight excluding hydrogens is 401 g/mol. The molecule has 0 aliphatic rings. The van der Waals surface area contributed by atoms with Crippen LogP contribution in [0.3, 0.4) is 0 Å². The number of carbonyl (C=O) groups excluding carboxylic acids is 1. The zero-order valence-corrected chi connectivity index (χ0v) is 15.6. The molecule has 0 aliphatic carbocycles. The van der Waals surface area contributed by atoms with Crippen molar-refractivity contribution in [2.75, 3.05) is 11.6 Å². The van der Waals surface area contributed by atoms with Gasteiger partial charge >= 0.3 is 6.01 Å². The van der Waals surface area contributed by atoms with Gasteiger partial charge in [0.05, 0.1) is 15.5 Å². The summed E-state index contributed by atoms with van der Waals surface area (Å²) in [6.45, 7) is 0. The van der Waals surface area contributed by atoms with Gasteiger partial charge in [0.15, 0.2) is 9.84 Å². The lowest BCUT2D eigenvalue weighted by Gasteiger charge is -2.03. The normalized spacial score (nSPS) is 11.3. The highest BCUT2D eigenvalue weighted by molar-refractivity contribution is 7.90. The van der Waals surface area contributed by atoms with Gasteiger partial charge in [0.2, 0.25) is 0 Å². The van der Waals surface area contributed by atoms with Crippen molar-refractivity contribution in [3.63, 3.8) is 0 Å². The molecule has 0 fully saturated rings. The lowest BCUT2D eigenvalue weighted by Crippen LogP contribution is -2.13. The van der Waals surface area contributed by atoms with Gasteiger partial charge in [-0.1, -0.05) is 34.4 Å². The third-order valence-corrected chi connectivity index (χ3v) is 5.00. The molecule has 26 heavy (non-hydrogen) atoms. The summed E-state index contributed by atoms with van der Waals surface area (Å²) in [5.41, 5.74) is 0.555. The zero-order valence-electron chi connectivity index (χ0n) is 13.2. The maximum absolute atomic E-state index is 12.3. The van der Waals surface area contributed by atoms with Crippen LogP contribution in [-0.4, -0.2) is 30.8 Å². The van der Waals surface area contributed by atoms with Crippen LogP contribution in [-0.2, 0) is 9.84 Å². The Balaban J connectivity index is 1.83. The van der Waals surface area contributed by atoms with Crippen molar-refractivity contribution in [3.05, 3.63) is 58.1 Å². The van der Waals surface area contributed by atoms with E-state index in [0.717, 1.165) is 6.26 Å². The summed E-state index contributed by atoms with van der Waals surface area (Å²) in [6, 6.07) is 10.2. The number of hydrogen-bond donors (Lipinski definition) is 1. The van der Waals surface area contributed by atoms with Crippen LogP contribution in [0.5, 0.6) is 0 Å².